The molecule has 3 amide bonds. The molecule has 1 fully saturated rings. The first-order valence-corrected chi connectivity index (χ1v) is 11.3. The molecule has 200 valence electrons. The van der Waals surface area contributed by atoms with Crippen LogP contribution >= 0.6 is 0 Å². The maximum absolute atomic E-state index is 13.8. The number of Topliss-reactive ketones (excluding diaryl/α,β-unsaturated/α-hetero) is 1. The number of nitrogens with zero attached hydrogens (tertiary/aromatic N) is 1. The zero-order valence-electron chi connectivity index (χ0n) is 19.8. The van der Waals surface area contributed by atoms with Crippen molar-refractivity contribution in [3.63, 3.8) is 0 Å². The highest BCUT2D eigenvalue weighted by Crippen LogP contribution is 2.45. The Morgan fingerprint density at radius 2 is 1.86 bits per heavy atom. The predicted octanol–water partition coefficient (Wildman–Crippen LogP) is 2.66. The standard InChI is InChI=1S/C24H25F5N4O4/c1-3-5-14(25)13(19(26)27)7-8-31-20(35)16-12(2)17(33-9-4-6-15(16)33)18(34)21(36)32-23(22(30)37)10-24(28,29)11-23/h3,5,7,19H,1,4,6,8-11H2,2H3,(H2,30,37)(H,31,35)(H,32,36)/b13-7+,14-5+. The van der Waals surface area contributed by atoms with Crippen molar-refractivity contribution in [2.75, 3.05) is 6.54 Å². The molecule has 0 spiro atoms. The second-order valence-corrected chi connectivity index (χ2v) is 8.91. The molecule has 0 unspecified atom stereocenters. The third-order valence-electron chi connectivity index (χ3n) is 6.36. The number of hydrogen-bond acceptors (Lipinski definition) is 4. The molecular formula is C24H25F5N4O4. The lowest BCUT2D eigenvalue weighted by atomic mass is 9.72. The van der Waals surface area contributed by atoms with Gasteiger partial charge in [-0.1, -0.05) is 18.7 Å². The Morgan fingerprint density at radius 1 is 1.22 bits per heavy atom. The lowest BCUT2D eigenvalue weighted by Crippen LogP contribution is -2.69. The molecule has 2 heterocycles. The van der Waals surface area contributed by atoms with Crippen molar-refractivity contribution in [2.45, 2.75) is 57.0 Å². The van der Waals surface area contributed by atoms with Gasteiger partial charge in [-0.2, -0.15) is 0 Å². The van der Waals surface area contributed by atoms with Crippen LogP contribution < -0.4 is 16.4 Å². The van der Waals surface area contributed by atoms with Crippen molar-refractivity contribution in [3.05, 3.63) is 58.7 Å². The van der Waals surface area contributed by atoms with Crippen LogP contribution in [0.1, 0.15) is 51.4 Å². The van der Waals surface area contributed by atoms with E-state index in [0.717, 1.165) is 18.2 Å². The van der Waals surface area contributed by atoms with Gasteiger partial charge < -0.3 is 20.9 Å². The quantitative estimate of drug-likeness (QED) is 0.187. The SMILES string of the molecule is C=C/C=C(F)\C(=C/CNC(=O)c1c(C)c(C(=O)C(=O)NC2(C(N)=O)CC(F)(F)C2)n2c1CCC2)C(F)F. The van der Waals surface area contributed by atoms with Crippen LogP contribution in [0.4, 0.5) is 22.0 Å². The Kier molecular flexibility index (Phi) is 7.75. The van der Waals surface area contributed by atoms with Crippen LogP contribution in [0.25, 0.3) is 0 Å². The van der Waals surface area contributed by atoms with Crippen LogP contribution in [0.3, 0.4) is 0 Å². The van der Waals surface area contributed by atoms with Gasteiger partial charge in [0.15, 0.2) is 0 Å². The normalized spacial score (nSPS) is 18.1. The summed E-state index contributed by atoms with van der Waals surface area (Å²) in [6, 6.07) is 0. The van der Waals surface area contributed by atoms with E-state index in [1.165, 1.54) is 11.5 Å². The molecule has 1 aromatic rings. The third-order valence-corrected chi connectivity index (χ3v) is 6.36. The van der Waals surface area contributed by atoms with Gasteiger partial charge in [0.25, 0.3) is 29.9 Å². The largest absolute Gasteiger partial charge is 0.368 e. The number of aromatic nitrogens is 1. The van der Waals surface area contributed by atoms with E-state index in [4.69, 9.17) is 5.73 Å². The number of carbonyl (C=O) groups is 4. The Labute approximate surface area is 208 Å². The molecule has 0 atom stereocenters. The summed E-state index contributed by atoms with van der Waals surface area (Å²) >= 11 is 0. The average molecular weight is 528 g/mol. The second-order valence-electron chi connectivity index (χ2n) is 8.91. The van der Waals surface area contributed by atoms with Gasteiger partial charge in [0.1, 0.15) is 11.4 Å². The number of nitrogens with two attached hydrogens (primary N) is 1. The van der Waals surface area contributed by atoms with Crippen molar-refractivity contribution in [1.29, 1.82) is 0 Å². The highest BCUT2D eigenvalue weighted by atomic mass is 19.3. The van der Waals surface area contributed by atoms with Gasteiger partial charge in [-0.15, -0.1) is 0 Å². The number of primary amides is 1. The molecule has 0 radical (unpaired) electrons. The summed E-state index contributed by atoms with van der Waals surface area (Å²) in [6.07, 6.45) is -1.77. The van der Waals surface area contributed by atoms with E-state index in [9.17, 15) is 41.1 Å². The fourth-order valence-electron chi connectivity index (χ4n) is 4.68. The first kappa shape index (κ1) is 27.8. The molecule has 0 bridgehead atoms. The molecule has 13 heteroatoms. The van der Waals surface area contributed by atoms with Gasteiger partial charge in [0.05, 0.1) is 16.8 Å². The Hall–Kier alpha value is -3.77. The molecule has 0 saturated heterocycles. The molecule has 3 rings (SSSR count). The highest BCUT2D eigenvalue weighted by molar-refractivity contribution is 6.43. The Balaban J connectivity index is 1.83. The fraction of sp³-hybridized carbons (Fsp3) is 0.417. The molecule has 4 N–H and O–H groups in total. The number of fused-ring (bicyclic) bond motifs is 1. The van der Waals surface area contributed by atoms with Crippen molar-refractivity contribution < 1.29 is 41.1 Å². The third kappa shape index (κ3) is 5.35. The number of ketones is 1. The predicted molar refractivity (Wildman–Crippen MR) is 122 cm³/mol. The summed E-state index contributed by atoms with van der Waals surface area (Å²) in [4.78, 5) is 50.3. The van der Waals surface area contributed by atoms with Crippen LogP contribution in [-0.4, -0.2) is 52.5 Å². The minimum absolute atomic E-state index is 0.0440. The summed E-state index contributed by atoms with van der Waals surface area (Å²) in [5.74, 6) is -8.85. The Morgan fingerprint density at radius 3 is 2.41 bits per heavy atom. The number of amides is 3. The summed E-state index contributed by atoms with van der Waals surface area (Å²) in [5.41, 5.74) is 2.60. The first-order valence-electron chi connectivity index (χ1n) is 11.3. The molecule has 8 nitrogen and oxygen atoms in total. The second kappa shape index (κ2) is 10.3. The molecule has 1 aromatic heterocycles. The van der Waals surface area contributed by atoms with Crippen molar-refractivity contribution in [2.24, 2.45) is 5.73 Å². The molecule has 0 aromatic carbocycles. The Bertz CT molecular complexity index is 1220. The minimum Gasteiger partial charge on any atom is -0.368 e. The van der Waals surface area contributed by atoms with Gasteiger partial charge in [-0.3, -0.25) is 19.2 Å². The smallest absolute Gasteiger partial charge is 0.294 e. The van der Waals surface area contributed by atoms with Gasteiger partial charge in [-0.05, 0) is 31.4 Å². The van der Waals surface area contributed by atoms with E-state index in [2.05, 4.69) is 11.9 Å². The number of rotatable bonds is 10. The molecule has 37 heavy (non-hydrogen) atoms. The number of carbonyl (C=O) groups excluding carboxylic acids is 4. The molecular weight excluding hydrogens is 503 g/mol. The number of alkyl halides is 4. The maximum atomic E-state index is 13.8. The summed E-state index contributed by atoms with van der Waals surface area (Å²) in [6.45, 7) is 4.45. The van der Waals surface area contributed by atoms with Crippen molar-refractivity contribution >= 4 is 23.5 Å². The van der Waals surface area contributed by atoms with E-state index in [1.807, 2.05) is 5.32 Å². The van der Waals surface area contributed by atoms with Gasteiger partial charge in [0, 0.05) is 31.6 Å². The van der Waals surface area contributed by atoms with E-state index < -0.39 is 72.2 Å². The first-order chi connectivity index (χ1) is 17.2. The zero-order chi connectivity index (χ0) is 27.7. The lowest BCUT2D eigenvalue weighted by Gasteiger charge is -2.44. The van der Waals surface area contributed by atoms with Gasteiger partial charge >= 0.3 is 0 Å². The molecule has 1 saturated carbocycles. The van der Waals surface area contributed by atoms with Crippen LogP contribution in [-0.2, 0) is 22.6 Å². The molecule has 1 aliphatic carbocycles. The van der Waals surface area contributed by atoms with Crippen LogP contribution in [0.2, 0.25) is 0 Å². The van der Waals surface area contributed by atoms with Crippen LogP contribution in [0.5, 0.6) is 0 Å². The molecule has 2 aliphatic rings. The van der Waals surface area contributed by atoms with E-state index in [-0.39, 0.29) is 23.4 Å². The highest BCUT2D eigenvalue weighted by Gasteiger charge is 2.61. The van der Waals surface area contributed by atoms with E-state index in [0.29, 0.717) is 18.5 Å². The maximum Gasteiger partial charge on any atom is 0.294 e. The number of nitrogens with one attached hydrogen (secondary N) is 2. The van der Waals surface area contributed by atoms with E-state index >= 15 is 0 Å². The average Bonchev–Trinajstić information content (AvgIpc) is 3.33. The monoisotopic (exact) mass is 528 g/mol. The van der Waals surface area contributed by atoms with Crippen molar-refractivity contribution in [1.82, 2.24) is 15.2 Å². The summed E-state index contributed by atoms with van der Waals surface area (Å²) < 4.78 is 68.3. The van der Waals surface area contributed by atoms with Crippen LogP contribution in [0.15, 0.2) is 36.2 Å². The van der Waals surface area contributed by atoms with Gasteiger partial charge in [0.2, 0.25) is 5.91 Å². The molecule has 1 aliphatic heterocycles. The number of allylic oxidation sites excluding steroid dienone is 4. The fourth-order valence-corrected chi connectivity index (χ4v) is 4.68. The van der Waals surface area contributed by atoms with E-state index in [1.54, 1.807) is 0 Å². The summed E-state index contributed by atoms with van der Waals surface area (Å²) in [7, 11) is 0. The van der Waals surface area contributed by atoms with Gasteiger partial charge in [-0.25, -0.2) is 22.0 Å². The minimum atomic E-state index is -3.22. The number of halogens is 5. The summed E-state index contributed by atoms with van der Waals surface area (Å²) in [5, 5.41) is 4.41. The van der Waals surface area contributed by atoms with Crippen LogP contribution in [0, 0.1) is 6.92 Å². The lowest BCUT2D eigenvalue weighted by molar-refractivity contribution is -0.162. The number of hydrogen-bond donors (Lipinski definition) is 3. The topological polar surface area (TPSA) is 123 Å². The van der Waals surface area contributed by atoms with Crippen molar-refractivity contribution in [3.8, 4) is 0 Å². The zero-order valence-corrected chi connectivity index (χ0v) is 19.8.